The van der Waals surface area contributed by atoms with E-state index in [2.05, 4.69) is 20.8 Å². The summed E-state index contributed by atoms with van der Waals surface area (Å²) in [5, 5.41) is 15.4. The first-order valence-electron chi connectivity index (χ1n) is 7.03. The number of halogens is 1. The Balaban J connectivity index is 1.51. The van der Waals surface area contributed by atoms with Gasteiger partial charge in [0.1, 0.15) is 5.01 Å². The number of nitrogens with one attached hydrogen (secondary N) is 2. The lowest BCUT2D eigenvalue weighted by Gasteiger charge is -2.04. The summed E-state index contributed by atoms with van der Waals surface area (Å²) in [6.07, 6.45) is 0. The van der Waals surface area contributed by atoms with Gasteiger partial charge in [-0.1, -0.05) is 41.1 Å². The summed E-state index contributed by atoms with van der Waals surface area (Å²) >= 11 is 8.84. The van der Waals surface area contributed by atoms with Gasteiger partial charge in [-0.15, -0.1) is 22.0 Å². The molecule has 0 fully saturated rings. The second-order valence-electron chi connectivity index (χ2n) is 4.69. The lowest BCUT2D eigenvalue weighted by atomic mass is 10.3. The van der Waals surface area contributed by atoms with Crippen LogP contribution in [0.2, 0.25) is 5.02 Å². The van der Waals surface area contributed by atoms with Crippen molar-refractivity contribution < 1.29 is 4.79 Å². The van der Waals surface area contributed by atoms with Crippen LogP contribution in [-0.2, 0) is 5.75 Å². The van der Waals surface area contributed by atoms with Gasteiger partial charge in [-0.05, 0) is 36.4 Å². The molecule has 0 spiro atoms. The number of urea groups is 1. The van der Waals surface area contributed by atoms with Gasteiger partial charge in [-0.3, -0.25) is 5.32 Å². The molecule has 1 aromatic heterocycles. The summed E-state index contributed by atoms with van der Waals surface area (Å²) in [5.41, 5.74) is 0.654. The van der Waals surface area contributed by atoms with Crippen molar-refractivity contribution in [3.63, 3.8) is 0 Å². The number of rotatable bonds is 5. The third kappa shape index (κ3) is 4.95. The van der Waals surface area contributed by atoms with E-state index in [9.17, 15) is 4.79 Å². The fourth-order valence-corrected chi connectivity index (χ4v) is 3.58. The molecule has 2 amide bonds. The minimum Gasteiger partial charge on any atom is -0.308 e. The molecule has 0 atom stereocenters. The maximum Gasteiger partial charge on any atom is 0.325 e. The molecule has 3 rings (SSSR count). The molecule has 0 unspecified atom stereocenters. The Bertz CT molecular complexity index is 808. The Morgan fingerprint density at radius 3 is 2.54 bits per heavy atom. The molecule has 0 radical (unpaired) electrons. The van der Waals surface area contributed by atoms with Crippen molar-refractivity contribution in [3.8, 4) is 0 Å². The molecule has 8 heteroatoms. The number of carbonyl (C=O) groups excluding carboxylic acids is 1. The highest BCUT2D eigenvalue weighted by molar-refractivity contribution is 7.98. The minimum absolute atomic E-state index is 0.365. The van der Waals surface area contributed by atoms with E-state index in [0.717, 1.165) is 5.01 Å². The smallest absolute Gasteiger partial charge is 0.308 e. The molecular weight excluding hydrogens is 364 g/mol. The SMILES string of the molecule is O=C(Nc1ccc(Cl)cc1)Nc1nnc(CSc2ccccc2)s1. The topological polar surface area (TPSA) is 66.9 Å². The van der Waals surface area contributed by atoms with Crippen LogP contribution in [0.5, 0.6) is 0 Å². The van der Waals surface area contributed by atoms with E-state index >= 15 is 0 Å². The molecule has 2 aromatic carbocycles. The molecule has 0 saturated carbocycles. The number of hydrogen-bond donors (Lipinski definition) is 2. The zero-order chi connectivity index (χ0) is 16.8. The minimum atomic E-state index is -0.365. The van der Waals surface area contributed by atoms with Crippen LogP contribution in [-0.4, -0.2) is 16.2 Å². The van der Waals surface area contributed by atoms with Gasteiger partial charge in [0, 0.05) is 15.6 Å². The molecule has 1 heterocycles. The van der Waals surface area contributed by atoms with Crippen LogP contribution < -0.4 is 10.6 Å². The summed E-state index contributed by atoms with van der Waals surface area (Å²) in [4.78, 5) is 13.1. The first kappa shape index (κ1) is 16.8. The van der Waals surface area contributed by atoms with Gasteiger partial charge in [0.25, 0.3) is 0 Å². The highest BCUT2D eigenvalue weighted by Crippen LogP contribution is 2.25. The molecule has 5 nitrogen and oxygen atoms in total. The maximum absolute atomic E-state index is 11.9. The molecule has 122 valence electrons. The number of anilines is 2. The molecular formula is C16H13ClN4OS2. The van der Waals surface area contributed by atoms with Gasteiger partial charge in [0.2, 0.25) is 5.13 Å². The first-order valence-corrected chi connectivity index (χ1v) is 9.21. The van der Waals surface area contributed by atoms with Crippen molar-refractivity contribution in [2.24, 2.45) is 0 Å². The third-order valence-corrected chi connectivity index (χ3v) is 5.19. The lowest BCUT2D eigenvalue weighted by Crippen LogP contribution is -2.19. The van der Waals surface area contributed by atoms with Crippen molar-refractivity contribution in [3.05, 3.63) is 64.6 Å². The lowest BCUT2D eigenvalue weighted by molar-refractivity contribution is 0.262. The molecule has 0 saturated heterocycles. The summed E-state index contributed by atoms with van der Waals surface area (Å²) in [6, 6.07) is 16.6. The Morgan fingerprint density at radius 1 is 1.04 bits per heavy atom. The zero-order valence-corrected chi connectivity index (χ0v) is 14.8. The van der Waals surface area contributed by atoms with Gasteiger partial charge < -0.3 is 5.32 Å². The Hall–Kier alpha value is -2.09. The zero-order valence-electron chi connectivity index (χ0n) is 12.4. The van der Waals surface area contributed by atoms with E-state index in [1.807, 2.05) is 30.3 Å². The van der Waals surface area contributed by atoms with E-state index in [-0.39, 0.29) is 6.03 Å². The molecule has 0 bridgehead atoms. The van der Waals surface area contributed by atoms with Crippen molar-refractivity contribution >= 4 is 51.5 Å². The molecule has 0 aliphatic rings. The van der Waals surface area contributed by atoms with Gasteiger partial charge >= 0.3 is 6.03 Å². The number of hydrogen-bond acceptors (Lipinski definition) is 5. The second-order valence-corrected chi connectivity index (χ2v) is 7.24. The van der Waals surface area contributed by atoms with Crippen molar-refractivity contribution in [2.45, 2.75) is 10.6 Å². The van der Waals surface area contributed by atoms with Gasteiger partial charge in [0.05, 0.1) is 5.75 Å². The van der Waals surface area contributed by atoms with Crippen molar-refractivity contribution in [2.75, 3.05) is 10.6 Å². The normalized spacial score (nSPS) is 10.4. The maximum atomic E-state index is 11.9. The van der Waals surface area contributed by atoms with Crippen LogP contribution in [0.25, 0.3) is 0 Å². The van der Waals surface area contributed by atoms with E-state index < -0.39 is 0 Å². The average Bonchev–Trinajstić information content (AvgIpc) is 3.03. The Labute approximate surface area is 152 Å². The molecule has 2 N–H and O–H groups in total. The highest BCUT2D eigenvalue weighted by atomic mass is 35.5. The molecule has 0 aliphatic carbocycles. The standard InChI is InChI=1S/C16H13ClN4OS2/c17-11-6-8-12(9-7-11)18-15(22)19-16-21-20-14(24-16)10-23-13-4-2-1-3-5-13/h1-9H,10H2,(H2,18,19,21,22). The number of thioether (sulfide) groups is 1. The number of nitrogens with zero attached hydrogens (tertiary/aromatic N) is 2. The highest BCUT2D eigenvalue weighted by Gasteiger charge is 2.09. The number of benzene rings is 2. The second kappa shape index (κ2) is 8.14. The van der Waals surface area contributed by atoms with Crippen LogP contribution in [0, 0.1) is 0 Å². The average molecular weight is 377 g/mol. The third-order valence-electron chi connectivity index (χ3n) is 2.89. The Morgan fingerprint density at radius 2 is 1.79 bits per heavy atom. The largest absolute Gasteiger partial charge is 0.325 e. The first-order chi connectivity index (χ1) is 11.7. The van der Waals surface area contributed by atoms with Crippen LogP contribution >= 0.6 is 34.7 Å². The van der Waals surface area contributed by atoms with E-state index in [4.69, 9.17) is 11.6 Å². The fraction of sp³-hybridized carbons (Fsp3) is 0.0625. The molecule has 0 aliphatic heterocycles. The van der Waals surface area contributed by atoms with E-state index in [0.29, 0.717) is 21.6 Å². The van der Waals surface area contributed by atoms with Gasteiger partial charge in [-0.2, -0.15) is 0 Å². The van der Waals surface area contributed by atoms with Crippen LogP contribution in [0.3, 0.4) is 0 Å². The fourth-order valence-electron chi connectivity index (χ4n) is 1.82. The molecule has 3 aromatic rings. The van der Waals surface area contributed by atoms with E-state index in [1.54, 1.807) is 36.0 Å². The quantitative estimate of drug-likeness (QED) is 0.606. The van der Waals surface area contributed by atoms with Crippen molar-refractivity contribution in [1.29, 1.82) is 0 Å². The predicted molar refractivity (Wildman–Crippen MR) is 100 cm³/mol. The van der Waals surface area contributed by atoms with Gasteiger partial charge in [-0.25, -0.2) is 4.79 Å². The van der Waals surface area contributed by atoms with Crippen molar-refractivity contribution in [1.82, 2.24) is 10.2 Å². The summed E-state index contributed by atoms with van der Waals surface area (Å²) in [6.45, 7) is 0. The summed E-state index contributed by atoms with van der Waals surface area (Å²) in [5.74, 6) is 0.710. The number of carbonyl (C=O) groups is 1. The van der Waals surface area contributed by atoms with Gasteiger partial charge in [0.15, 0.2) is 0 Å². The van der Waals surface area contributed by atoms with E-state index in [1.165, 1.54) is 16.2 Å². The Kier molecular flexibility index (Phi) is 5.68. The predicted octanol–water partition coefficient (Wildman–Crippen LogP) is 5.13. The summed E-state index contributed by atoms with van der Waals surface area (Å²) < 4.78 is 0. The monoisotopic (exact) mass is 376 g/mol. The summed E-state index contributed by atoms with van der Waals surface area (Å²) in [7, 11) is 0. The van der Waals surface area contributed by atoms with Crippen LogP contribution in [0.15, 0.2) is 59.5 Å². The molecule has 24 heavy (non-hydrogen) atoms. The van der Waals surface area contributed by atoms with Crippen LogP contribution in [0.4, 0.5) is 15.6 Å². The van der Waals surface area contributed by atoms with Crippen LogP contribution in [0.1, 0.15) is 5.01 Å². The number of amides is 2. The number of aromatic nitrogens is 2.